The SMILES string of the molecule is CCCCCCCCC(C(=O)[O-])C(CCCCCCCC)(C(=O)[O-])S(=O)(=O)O.CCCCCCCCCCCCc1ccccc1S(=O)(=O)O.[Na+].[Na+]. The third-order valence-electron chi connectivity index (χ3n) is 9.45. The molecule has 52 heavy (non-hydrogen) atoms. The van der Waals surface area contributed by atoms with E-state index in [9.17, 15) is 45.7 Å². The van der Waals surface area contributed by atoms with E-state index in [1.165, 1.54) is 57.4 Å². The van der Waals surface area contributed by atoms with Crippen molar-refractivity contribution in [1.29, 1.82) is 0 Å². The average molecular weight is 793 g/mol. The van der Waals surface area contributed by atoms with E-state index in [0.29, 0.717) is 25.7 Å². The van der Waals surface area contributed by atoms with Crippen LogP contribution in [-0.4, -0.2) is 42.6 Å². The van der Waals surface area contributed by atoms with Crippen molar-refractivity contribution in [3.05, 3.63) is 29.8 Å². The molecular weight excluding hydrogens is 727 g/mol. The Hall–Kier alpha value is -0.0200. The van der Waals surface area contributed by atoms with Gasteiger partial charge in [0.05, 0.1) is 10.9 Å². The first-order valence-corrected chi connectivity index (χ1v) is 22.0. The van der Waals surface area contributed by atoms with E-state index in [1.807, 2.05) is 13.0 Å². The van der Waals surface area contributed by atoms with Gasteiger partial charge in [0.2, 0.25) is 0 Å². The van der Waals surface area contributed by atoms with Gasteiger partial charge >= 0.3 is 59.1 Å². The molecule has 1 aromatic rings. The monoisotopic (exact) mass is 792 g/mol. The summed E-state index contributed by atoms with van der Waals surface area (Å²) in [5, 5.41) is 23.5. The van der Waals surface area contributed by atoms with Crippen LogP contribution in [0.3, 0.4) is 0 Å². The molecule has 1 rings (SSSR count). The summed E-state index contributed by atoms with van der Waals surface area (Å²) in [5.41, 5.74) is 0.726. The third kappa shape index (κ3) is 23.8. The summed E-state index contributed by atoms with van der Waals surface area (Å²) in [5.74, 6) is -5.68. The number of carbonyl (C=O) groups is 2. The van der Waals surface area contributed by atoms with Crippen molar-refractivity contribution in [3.63, 3.8) is 0 Å². The molecule has 0 aromatic heterocycles. The molecule has 0 heterocycles. The topological polar surface area (TPSA) is 189 Å². The predicted octanol–water partition coefficient (Wildman–Crippen LogP) is 1.63. The maximum absolute atomic E-state index is 12.0. The number of hydrogen-bond donors (Lipinski definition) is 2. The van der Waals surface area contributed by atoms with Gasteiger partial charge in [-0.1, -0.05) is 174 Å². The molecule has 10 nitrogen and oxygen atoms in total. The van der Waals surface area contributed by atoms with E-state index in [-0.39, 0.29) is 76.9 Å². The van der Waals surface area contributed by atoms with Crippen LogP contribution in [0.25, 0.3) is 0 Å². The van der Waals surface area contributed by atoms with Gasteiger partial charge in [0.25, 0.3) is 20.2 Å². The van der Waals surface area contributed by atoms with Crippen LogP contribution >= 0.6 is 0 Å². The Morgan fingerprint density at radius 2 is 1.00 bits per heavy atom. The van der Waals surface area contributed by atoms with Gasteiger partial charge in [-0.05, 0) is 37.3 Å². The molecule has 292 valence electrons. The molecule has 2 atom stereocenters. The van der Waals surface area contributed by atoms with Gasteiger partial charge in [-0.3, -0.25) is 9.11 Å². The van der Waals surface area contributed by atoms with Crippen LogP contribution in [0.5, 0.6) is 0 Å². The van der Waals surface area contributed by atoms with Gasteiger partial charge < -0.3 is 19.8 Å². The number of hydrogen-bond acceptors (Lipinski definition) is 8. The smallest absolute Gasteiger partial charge is 0.550 e. The molecule has 0 aliphatic heterocycles. The van der Waals surface area contributed by atoms with Crippen LogP contribution in [-0.2, 0) is 36.2 Å². The van der Waals surface area contributed by atoms with Gasteiger partial charge in [-0.15, -0.1) is 0 Å². The fraction of sp³-hybridized carbons (Fsp3) is 0.789. The number of aliphatic carboxylic acids is 2. The summed E-state index contributed by atoms with van der Waals surface area (Å²) in [7, 11) is -9.30. The van der Waals surface area contributed by atoms with Gasteiger partial charge in [0.1, 0.15) is 4.75 Å². The van der Waals surface area contributed by atoms with Crippen molar-refractivity contribution in [3.8, 4) is 0 Å². The summed E-state index contributed by atoms with van der Waals surface area (Å²) >= 11 is 0. The Morgan fingerprint density at radius 3 is 1.38 bits per heavy atom. The first-order valence-electron chi connectivity index (χ1n) is 19.1. The first kappa shape index (κ1) is 56.3. The van der Waals surface area contributed by atoms with Crippen LogP contribution in [0, 0.1) is 5.92 Å². The van der Waals surface area contributed by atoms with Crippen molar-refractivity contribution in [2.24, 2.45) is 5.92 Å². The molecule has 0 radical (unpaired) electrons. The largest absolute Gasteiger partial charge is 1.00 e. The number of carboxylic acid groups (broad SMARTS) is 2. The summed E-state index contributed by atoms with van der Waals surface area (Å²) < 4.78 is 62.7. The number of rotatable bonds is 30. The normalized spacial score (nSPS) is 13.1. The molecule has 0 aliphatic carbocycles. The first-order chi connectivity index (χ1) is 23.7. The quantitative estimate of drug-likeness (QED) is 0.0659. The summed E-state index contributed by atoms with van der Waals surface area (Å²) in [6.07, 6.45) is 22.1. The Bertz CT molecular complexity index is 1280. The second-order valence-electron chi connectivity index (χ2n) is 13.6. The fourth-order valence-electron chi connectivity index (χ4n) is 6.44. The van der Waals surface area contributed by atoms with Gasteiger partial charge in [-0.25, -0.2) is 0 Å². The maximum atomic E-state index is 12.0. The number of unbranched alkanes of at least 4 members (excludes halogenated alkanes) is 19. The van der Waals surface area contributed by atoms with Crippen LogP contribution in [0.2, 0.25) is 0 Å². The number of carboxylic acids is 2. The van der Waals surface area contributed by atoms with Crippen molar-refractivity contribution in [2.75, 3.05) is 0 Å². The van der Waals surface area contributed by atoms with Crippen LogP contribution in [0.15, 0.2) is 29.2 Å². The summed E-state index contributed by atoms with van der Waals surface area (Å²) in [6.45, 7) is 6.35. The van der Waals surface area contributed by atoms with Gasteiger partial charge in [0, 0.05) is 11.9 Å². The molecule has 2 unspecified atom stereocenters. The minimum absolute atomic E-state index is 0. The molecule has 0 fully saturated rings. The maximum Gasteiger partial charge on any atom is 1.00 e. The zero-order valence-electron chi connectivity index (χ0n) is 33.0. The Labute approximate surface area is 360 Å². The molecule has 0 saturated carbocycles. The van der Waals surface area contributed by atoms with Crippen LogP contribution < -0.4 is 69.3 Å². The zero-order valence-corrected chi connectivity index (χ0v) is 38.7. The summed E-state index contributed by atoms with van der Waals surface area (Å²) in [6, 6.07) is 6.73. The van der Waals surface area contributed by atoms with E-state index in [0.717, 1.165) is 69.8 Å². The zero-order chi connectivity index (χ0) is 37.9. The average Bonchev–Trinajstić information content (AvgIpc) is 3.04. The molecule has 0 aliphatic rings. The van der Waals surface area contributed by atoms with E-state index >= 15 is 0 Å². The number of carbonyl (C=O) groups excluding carboxylic acids is 2. The minimum Gasteiger partial charge on any atom is -0.550 e. The molecule has 0 bridgehead atoms. The van der Waals surface area contributed by atoms with E-state index in [1.54, 1.807) is 12.1 Å². The van der Waals surface area contributed by atoms with E-state index in [2.05, 4.69) is 13.8 Å². The minimum atomic E-state index is -5.20. The van der Waals surface area contributed by atoms with Crippen molar-refractivity contribution < 1.29 is 105 Å². The van der Waals surface area contributed by atoms with Crippen molar-refractivity contribution >= 4 is 32.2 Å². The number of benzene rings is 1. The number of aryl methyl sites for hydroxylation is 1. The third-order valence-corrected chi connectivity index (χ3v) is 12.0. The second-order valence-corrected chi connectivity index (χ2v) is 16.7. The van der Waals surface area contributed by atoms with E-state index in [4.69, 9.17) is 0 Å². The van der Waals surface area contributed by atoms with Crippen LogP contribution in [0.1, 0.15) is 180 Å². The van der Waals surface area contributed by atoms with E-state index < -0.39 is 49.3 Å². The van der Waals surface area contributed by atoms with Crippen molar-refractivity contribution in [2.45, 2.75) is 191 Å². The van der Waals surface area contributed by atoms with Gasteiger partial charge in [0.15, 0.2) is 0 Å². The Kier molecular flexibility index (Phi) is 35.9. The molecule has 14 heteroatoms. The second kappa shape index (κ2) is 33.2. The molecule has 1 aromatic carbocycles. The van der Waals surface area contributed by atoms with Crippen molar-refractivity contribution in [1.82, 2.24) is 0 Å². The molecule has 0 amide bonds. The molecule has 0 saturated heterocycles. The summed E-state index contributed by atoms with van der Waals surface area (Å²) in [4.78, 5) is 23.5. The molecular formula is C38H66Na2O10S2. The molecule has 2 N–H and O–H groups in total. The molecule has 0 spiro atoms. The van der Waals surface area contributed by atoms with Crippen LogP contribution in [0.4, 0.5) is 0 Å². The Balaban J connectivity index is -0.000000911. The Morgan fingerprint density at radius 1 is 0.615 bits per heavy atom. The van der Waals surface area contributed by atoms with Gasteiger partial charge in [-0.2, -0.15) is 16.8 Å². The standard InChI is InChI=1S/C20H38O7S.C18H30O3S.2Na/c1-3-5-7-9-11-13-15-17(18(21)22)20(19(23)24,28(25,26)27)16-14-12-10-8-6-4-2;1-2-3-4-5-6-7-8-9-10-11-14-17-15-12-13-16-18(17)22(19,20)21;;/h17H,3-16H2,1-2H3,(H,21,22)(H,23,24)(H,25,26,27);12-13,15-16H,2-11,14H2,1H3,(H,19,20,21);;/q;;2*+1/p-2. The fourth-order valence-corrected chi connectivity index (χ4v) is 8.37. The predicted molar refractivity (Wildman–Crippen MR) is 196 cm³/mol.